The molecule has 0 aliphatic heterocycles. The second-order valence-corrected chi connectivity index (χ2v) is 6.52. The smallest absolute Gasteiger partial charge is 0.233 e. The molecule has 0 bridgehead atoms. The Morgan fingerprint density at radius 3 is 2.14 bits per heavy atom. The van der Waals surface area contributed by atoms with Gasteiger partial charge in [0, 0.05) is 12.2 Å². The normalized spacial score (nSPS) is 12.7. The van der Waals surface area contributed by atoms with Gasteiger partial charge in [0.2, 0.25) is 5.91 Å². The van der Waals surface area contributed by atoms with Crippen LogP contribution in [-0.2, 0) is 10.2 Å². The van der Waals surface area contributed by atoms with Crippen molar-refractivity contribution in [2.45, 2.75) is 32.1 Å². The first kappa shape index (κ1) is 16.2. The lowest BCUT2D eigenvalue weighted by molar-refractivity contribution is -0.117. The first-order chi connectivity index (χ1) is 10.4. The maximum atomic E-state index is 12.4. The zero-order valence-electron chi connectivity index (χ0n) is 13.5. The summed E-state index contributed by atoms with van der Waals surface area (Å²) in [5.74, 6) is -0.402. The number of anilines is 1. The number of nitrogens with two attached hydrogens (primary N) is 1. The van der Waals surface area contributed by atoms with E-state index in [2.05, 4.69) is 38.2 Å². The molecule has 0 aromatic heterocycles. The molecule has 2 aromatic rings. The maximum absolute atomic E-state index is 12.4. The first-order valence-corrected chi connectivity index (χ1v) is 7.58. The Morgan fingerprint density at radius 2 is 1.64 bits per heavy atom. The third kappa shape index (κ3) is 3.95. The summed E-state index contributed by atoms with van der Waals surface area (Å²) < 4.78 is 0. The largest absolute Gasteiger partial charge is 0.329 e. The van der Waals surface area contributed by atoms with E-state index in [-0.39, 0.29) is 23.8 Å². The molecule has 1 amide bonds. The van der Waals surface area contributed by atoms with Crippen LogP contribution in [0.3, 0.4) is 0 Å². The van der Waals surface area contributed by atoms with E-state index in [1.807, 2.05) is 42.5 Å². The van der Waals surface area contributed by atoms with Crippen LogP contribution in [0.2, 0.25) is 0 Å². The van der Waals surface area contributed by atoms with Crippen LogP contribution < -0.4 is 11.1 Å². The second-order valence-electron chi connectivity index (χ2n) is 6.52. The van der Waals surface area contributed by atoms with Crippen LogP contribution in [-0.4, -0.2) is 12.5 Å². The number of hydrogen-bond acceptors (Lipinski definition) is 2. The molecular weight excluding hydrogens is 272 g/mol. The van der Waals surface area contributed by atoms with Crippen LogP contribution in [0, 0.1) is 0 Å². The predicted octanol–water partition coefficient (Wildman–Crippen LogP) is 3.67. The van der Waals surface area contributed by atoms with E-state index in [0.717, 1.165) is 11.3 Å². The van der Waals surface area contributed by atoms with Gasteiger partial charge >= 0.3 is 0 Å². The van der Waals surface area contributed by atoms with Gasteiger partial charge in [-0.3, -0.25) is 4.79 Å². The minimum absolute atomic E-state index is 0.0720. The Kier molecular flexibility index (Phi) is 4.99. The minimum atomic E-state index is -0.330. The summed E-state index contributed by atoms with van der Waals surface area (Å²) in [6, 6.07) is 17.6. The molecule has 0 saturated heterocycles. The highest BCUT2D eigenvalue weighted by atomic mass is 16.1. The summed E-state index contributed by atoms with van der Waals surface area (Å²) in [7, 11) is 0. The molecule has 22 heavy (non-hydrogen) atoms. The second kappa shape index (κ2) is 6.75. The van der Waals surface area contributed by atoms with Gasteiger partial charge in [0.05, 0.1) is 5.92 Å². The fraction of sp³-hybridized carbons (Fsp3) is 0.316. The molecule has 0 saturated carbocycles. The molecule has 1 atom stereocenters. The highest BCUT2D eigenvalue weighted by Gasteiger charge is 2.19. The summed E-state index contributed by atoms with van der Waals surface area (Å²) in [6.45, 7) is 6.79. The highest BCUT2D eigenvalue weighted by Crippen LogP contribution is 2.24. The van der Waals surface area contributed by atoms with Crippen molar-refractivity contribution in [1.82, 2.24) is 0 Å². The van der Waals surface area contributed by atoms with Crippen LogP contribution in [0.25, 0.3) is 0 Å². The van der Waals surface area contributed by atoms with Crippen molar-refractivity contribution < 1.29 is 4.79 Å². The van der Waals surface area contributed by atoms with Crippen molar-refractivity contribution in [3.63, 3.8) is 0 Å². The van der Waals surface area contributed by atoms with Gasteiger partial charge in [0.1, 0.15) is 0 Å². The summed E-state index contributed by atoms with van der Waals surface area (Å²) >= 11 is 0. The number of nitrogens with one attached hydrogen (secondary N) is 1. The third-order valence-corrected chi connectivity index (χ3v) is 3.77. The zero-order valence-corrected chi connectivity index (χ0v) is 13.5. The molecule has 116 valence electrons. The molecule has 0 fully saturated rings. The molecule has 0 heterocycles. The van der Waals surface area contributed by atoms with Gasteiger partial charge in [-0.05, 0) is 28.7 Å². The van der Waals surface area contributed by atoms with Crippen molar-refractivity contribution in [3.8, 4) is 0 Å². The van der Waals surface area contributed by atoms with Crippen molar-refractivity contribution in [1.29, 1.82) is 0 Å². The lowest BCUT2D eigenvalue weighted by Crippen LogP contribution is -2.27. The van der Waals surface area contributed by atoms with Gasteiger partial charge < -0.3 is 11.1 Å². The molecule has 3 nitrogen and oxygen atoms in total. The lowest BCUT2D eigenvalue weighted by Gasteiger charge is -2.20. The monoisotopic (exact) mass is 296 g/mol. The van der Waals surface area contributed by atoms with E-state index in [4.69, 9.17) is 5.73 Å². The van der Waals surface area contributed by atoms with E-state index in [1.165, 1.54) is 5.56 Å². The van der Waals surface area contributed by atoms with Gasteiger partial charge in [-0.1, -0.05) is 63.2 Å². The number of amides is 1. The maximum Gasteiger partial charge on any atom is 0.233 e. The quantitative estimate of drug-likeness (QED) is 0.904. The fourth-order valence-electron chi connectivity index (χ4n) is 2.36. The number of rotatable bonds is 4. The molecule has 0 radical (unpaired) electrons. The van der Waals surface area contributed by atoms with E-state index >= 15 is 0 Å². The average molecular weight is 296 g/mol. The third-order valence-electron chi connectivity index (χ3n) is 3.77. The van der Waals surface area contributed by atoms with Gasteiger partial charge in [-0.25, -0.2) is 0 Å². The summed E-state index contributed by atoms with van der Waals surface area (Å²) in [5, 5.41) is 2.95. The van der Waals surface area contributed by atoms with E-state index in [9.17, 15) is 4.79 Å². The molecule has 3 heteroatoms. The summed E-state index contributed by atoms with van der Waals surface area (Å²) in [6.07, 6.45) is 0. The molecule has 3 N–H and O–H groups in total. The van der Waals surface area contributed by atoms with Crippen LogP contribution in [0.4, 0.5) is 5.69 Å². The fourth-order valence-corrected chi connectivity index (χ4v) is 2.36. The molecule has 0 aliphatic rings. The van der Waals surface area contributed by atoms with Gasteiger partial charge in [0.25, 0.3) is 0 Å². The van der Waals surface area contributed by atoms with E-state index < -0.39 is 0 Å². The number of carbonyl (C=O) groups excluding carboxylic acids is 1. The van der Waals surface area contributed by atoms with Gasteiger partial charge in [-0.2, -0.15) is 0 Å². The Bertz CT molecular complexity index is 612. The number of benzene rings is 2. The van der Waals surface area contributed by atoms with Crippen molar-refractivity contribution in [3.05, 3.63) is 65.7 Å². The molecule has 1 unspecified atom stereocenters. The Morgan fingerprint density at radius 1 is 1.05 bits per heavy atom. The van der Waals surface area contributed by atoms with Crippen LogP contribution in [0.1, 0.15) is 37.8 Å². The highest BCUT2D eigenvalue weighted by molar-refractivity contribution is 5.96. The zero-order chi connectivity index (χ0) is 16.2. The van der Waals surface area contributed by atoms with Gasteiger partial charge in [0.15, 0.2) is 0 Å². The van der Waals surface area contributed by atoms with Crippen molar-refractivity contribution in [2.75, 3.05) is 11.9 Å². The topological polar surface area (TPSA) is 55.1 Å². The van der Waals surface area contributed by atoms with Crippen LogP contribution in [0.5, 0.6) is 0 Å². The van der Waals surface area contributed by atoms with Crippen molar-refractivity contribution in [2.24, 2.45) is 5.73 Å². The molecule has 2 rings (SSSR count). The Labute approximate surface area is 132 Å². The minimum Gasteiger partial charge on any atom is -0.329 e. The van der Waals surface area contributed by atoms with E-state index in [0.29, 0.717) is 0 Å². The molecular formula is C19H24N2O. The lowest BCUT2D eigenvalue weighted by atomic mass is 9.87. The number of carbonyl (C=O) groups is 1. The molecule has 0 spiro atoms. The standard InChI is InChI=1S/C19H24N2O/c1-19(2,3)15-9-11-16(12-10-15)21-18(22)17(13-20)14-7-5-4-6-8-14/h4-12,17H,13,20H2,1-3H3,(H,21,22). The van der Waals surface area contributed by atoms with E-state index in [1.54, 1.807) is 0 Å². The molecule has 2 aromatic carbocycles. The van der Waals surface area contributed by atoms with Crippen molar-refractivity contribution >= 4 is 11.6 Å². The average Bonchev–Trinajstić information content (AvgIpc) is 2.48. The molecule has 0 aliphatic carbocycles. The first-order valence-electron chi connectivity index (χ1n) is 7.58. The van der Waals surface area contributed by atoms with Gasteiger partial charge in [-0.15, -0.1) is 0 Å². The Hall–Kier alpha value is -2.13. The predicted molar refractivity (Wildman–Crippen MR) is 92.0 cm³/mol. The SMILES string of the molecule is CC(C)(C)c1ccc(NC(=O)C(CN)c2ccccc2)cc1. The Balaban J connectivity index is 2.11. The summed E-state index contributed by atoms with van der Waals surface area (Å²) in [4.78, 5) is 12.4. The van der Waals surface area contributed by atoms with Crippen LogP contribution >= 0.6 is 0 Å². The summed E-state index contributed by atoms with van der Waals surface area (Å²) in [5.41, 5.74) is 8.86. The van der Waals surface area contributed by atoms with Crippen LogP contribution in [0.15, 0.2) is 54.6 Å². The number of hydrogen-bond donors (Lipinski definition) is 2.